The van der Waals surface area contributed by atoms with Gasteiger partial charge in [-0.1, -0.05) is 31.0 Å². The monoisotopic (exact) mass is 447 g/mol. The molecule has 7 nitrogen and oxygen atoms in total. The van der Waals surface area contributed by atoms with Crippen LogP contribution < -0.4 is 10.2 Å². The average molecular weight is 448 g/mol. The fraction of sp³-hybridized carbons (Fsp3) is 0.652. The Hall–Kier alpha value is -1.93. The minimum Gasteiger partial charge on any atom is -0.356 e. The zero-order chi connectivity index (χ0) is 22.0. The van der Waals surface area contributed by atoms with Crippen molar-refractivity contribution in [3.8, 4) is 0 Å². The smallest absolute Gasteiger partial charge is 0.230 e. The van der Waals surface area contributed by atoms with E-state index in [1.54, 1.807) is 0 Å². The highest BCUT2D eigenvalue weighted by atomic mass is 32.2. The Labute approximate surface area is 185 Å². The van der Waals surface area contributed by atoms with E-state index in [4.69, 9.17) is 0 Å². The zero-order valence-corrected chi connectivity index (χ0v) is 19.1. The van der Waals surface area contributed by atoms with Crippen LogP contribution in [0.25, 0.3) is 0 Å². The van der Waals surface area contributed by atoms with Crippen LogP contribution in [0.5, 0.6) is 0 Å². The summed E-state index contributed by atoms with van der Waals surface area (Å²) in [5, 5.41) is 3.09. The van der Waals surface area contributed by atoms with Crippen molar-refractivity contribution < 1.29 is 18.0 Å². The fourth-order valence-corrected chi connectivity index (χ4v) is 6.20. The molecule has 2 heterocycles. The first-order chi connectivity index (χ1) is 14.8. The van der Waals surface area contributed by atoms with E-state index in [0.717, 1.165) is 50.6 Å². The Morgan fingerprint density at radius 2 is 1.68 bits per heavy atom. The molecule has 0 aromatic heterocycles. The number of benzene rings is 1. The molecule has 1 aliphatic carbocycles. The number of sulfonamides is 1. The molecule has 2 atom stereocenters. The molecular formula is C23H33N3O4S. The van der Waals surface area contributed by atoms with Crippen molar-refractivity contribution in [3.05, 3.63) is 29.8 Å². The number of carbonyl (C=O) groups excluding carboxylic acids is 2. The highest BCUT2D eigenvalue weighted by Gasteiger charge is 2.39. The second-order valence-corrected chi connectivity index (χ2v) is 11.2. The van der Waals surface area contributed by atoms with Crippen LogP contribution in [-0.2, 0) is 26.0 Å². The Morgan fingerprint density at radius 3 is 2.39 bits per heavy atom. The zero-order valence-electron chi connectivity index (χ0n) is 18.3. The van der Waals surface area contributed by atoms with Crippen LogP contribution in [0, 0.1) is 17.8 Å². The largest absolute Gasteiger partial charge is 0.356 e. The molecule has 4 rings (SSSR count). The van der Waals surface area contributed by atoms with E-state index in [1.807, 2.05) is 23.1 Å². The first kappa shape index (κ1) is 22.3. The van der Waals surface area contributed by atoms with Gasteiger partial charge in [-0.2, -0.15) is 0 Å². The van der Waals surface area contributed by atoms with E-state index < -0.39 is 10.0 Å². The maximum atomic E-state index is 13.4. The number of rotatable bonds is 5. The van der Waals surface area contributed by atoms with Gasteiger partial charge in [0.2, 0.25) is 21.8 Å². The number of anilines is 1. The minimum atomic E-state index is -3.14. The first-order valence-electron chi connectivity index (χ1n) is 11.5. The molecule has 0 bridgehead atoms. The quantitative estimate of drug-likeness (QED) is 0.750. The Morgan fingerprint density at radius 1 is 1.00 bits per heavy atom. The third kappa shape index (κ3) is 4.95. The molecule has 2 aliphatic heterocycles. The van der Waals surface area contributed by atoms with Gasteiger partial charge in [0.05, 0.1) is 12.2 Å². The van der Waals surface area contributed by atoms with Gasteiger partial charge in [-0.25, -0.2) is 12.7 Å². The maximum absolute atomic E-state index is 13.4. The number of hydrogen-bond donors (Lipinski definition) is 1. The van der Waals surface area contributed by atoms with Gasteiger partial charge in [-0.15, -0.1) is 0 Å². The summed E-state index contributed by atoms with van der Waals surface area (Å²) in [6.45, 7) is 2.28. The van der Waals surface area contributed by atoms with Gasteiger partial charge >= 0.3 is 0 Å². The van der Waals surface area contributed by atoms with Crippen LogP contribution in [0.4, 0.5) is 5.69 Å². The lowest BCUT2D eigenvalue weighted by atomic mass is 9.77. The van der Waals surface area contributed by atoms with Gasteiger partial charge in [0.15, 0.2) is 0 Å². The van der Waals surface area contributed by atoms with Crippen molar-refractivity contribution in [2.45, 2.75) is 44.9 Å². The van der Waals surface area contributed by atoms with Gasteiger partial charge in [-0.05, 0) is 49.7 Å². The fourth-order valence-electron chi connectivity index (χ4n) is 5.33. The van der Waals surface area contributed by atoms with Gasteiger partial charge in [0, 0.05) is 37.8 Å². The predicted molar refractivity (Wildman–Crippen MR) is 120 cm³/mol. The maximum Gasteiger partial charge on any atom is 0.230 e. The SMILES string of the molecule is CS(=O)(=O)N1CCC(CNC(=O)C2CCCCC2C(=O)N2CCc3ccccc32)CC1. The normalized spacial score (nSPS) is 25.3. The molecule has 1 aromatic carbocycles. The third-order valence-corrected chi connectivity index (χ3v) is 8.48. The third-order valence-electron chi connectivity index (χ3n) is 7.18. The second-order valence-electron chi connectivity index (χ2n) is 9.22. The summed E-state index contributed by atoms with van der Waals surface area (Å²) in [6.07, 6.45) is 7.11. The highest BCUT2D eigenvalue weighted by Crippen LogP contribution is 2.36. The number of nitrogens with one attached hydrogen (secondary N) is 1. The molecule has 2 amide bonds. The van der Waals surface area contributed by atoms with Crippen LogP contribution in [-0.4, -0.2) is 57.0 Å². The predicted octanol–water partition coefficient (Wildman–Crippen LogP) is 2.17. The number of piperidine rings is 1. The second kappa shape index (κ2) is 9.28. The molecule has 2 unspecified atom stereocenters. The standard InChI is InChI=1S/C23H33N3O4S/c1-31(29,30)25-13-10-17(11-14-25)16-24-22(27)19-7-3-4-8-20(19)23(28)26-15-12-18-6-2-5-9-21(18)26/h2,5-6,9,17,19-20H,3-4,7-8,10-16H2,1H3,(H,24,27). The molecule has 1 saturated heterocycles. The number of hydrogen-bond acceptors (Lipinski definition) is 4. The molecule has 0 spiro atoms. The molecule has 1 N–H and O–H groups in total. The van der Waals surface area contributed by atoms with Crippen LogP contribution in [0.1, 0.15) is 44.1 Å². The van der Waals surface area contributed by atoms with Crippen molar-refractivity contribution in [2.24, 2.45) is 17.8 Å². The van der Waals surface area contributed by atoms with Crippen molar-refractivity contribution >= 4 is 27.5 Å². The summed E-state index contributed by atoms with van der Waals surface area (Å²) in [5.41, 5.74) is 2.20. The molecular weight excluding hydrogens is 414 g/mol. The molecule has 0 radical (unpaired) electrons. The molecule has 1 aromatic rings. The molecule has 170 valence electrons. The Balaban J connectivity index is 1.34. The summed E-state index contributed by atoms with van der Waals surface area (Å²) in [4.78, 5) is 28.3. The summed E-state index contributed by atoms with van der Waals surface area (Å²) >= 11 is 0. The van der Waals surface area contributed by atoms with E-state index in [9.17, 15) is 18.0 Å². The lowest BCUT2D eigenvalue weighted by Crippen LogP contribution is -2.47. The van der Waals surface area contributed by atoms with Crippen LogP contribution in [0.15, 0.2) is 24.3 Å². The highest BCUT2D eigenvalue weighted by molar-refractivity contribution is 7.88. The number of carbonyl (C=O) groups is 2. The van der Waals surface area contributed by atoms with Gasteiger partial charge < -0.3 is 10.2 Å². The van der Waals surface area contributed by atoms with Gasteiger partial charge in [-0.3, -0.25) is 9.59 Å². The van der Waals surface area contributed by atoms with E-state index in [0.29, 0.717) is 26.2 Å². The molecule has 8 heteroatoms. The lowest BCUT2D eigenvalue weighted by molar-refractivity contribution is -0.135. The van der Waals surface area contributed by atoms with Gasteiger partial charge in [0.1, 0.15) is 0 Å². The molecule has 3 aliphatic rings. The average Bonchev–Trinajstić information content (AvgIpc) is 3.21. The van der Waals surface area contributed by atoms with Crippen LogP contribution in [0.2, 0.25) is 0 Å². The van der Waals surface area contributed by atoms with E-state index >= 15 is 0 Å². The summed E-state index contributed by atoms with van der Waals surface area (Å²) in [7, 11) is -3.14. The summed E-state index contributed by atoms with van der Waals surface area (Å²) in [5.74, 6) is -0.176. The van der Waals surface area contributed by atoms with Crippen molar-refractivity contribution in [3.63, 3.8) is 0 Å². The molecule has 1 saturated carbocycles. The van der Waals surface area contributed by atoms with Crippen molar-refractivity contribution in [1.29, 1.82) is 0 Å². The lowest BCUT2D eigenvalue weighted by Gasteiger charge is -2.34. The van der Waals surface area contributed by atoms with Gasteiger partial charge in [0.25, 0.3) is 0 Å². The summed E-state index contributed by atoms with van der Waals surface area (Å²) < 4.78 is 24.9. The van der Waals surface area contributed by atoms with Crippen molar-refractivity contribution in [1.82, 2.24) is 9.62 Å². The van der Waals surface area contributed by atoms with Crippen LogP contribution in [0.3, 0.4) is 0 Å². The summed E-state index contributed by atoms with van der Waals surface area (Å²) in [6, 6.07) is 8.04. The first-order valence-corrected chi connectivity index (χ1v) is 13.3. The Kier molecular flexibility index (Phi) is 6.67. The van der Waals surface area contributed by atoms with Crippen molar-refractivity contribution in [2.75, 3.05) is 37.3 Å². The number of fused-ring (bicyclic) bond motifs is 1. The molecule has 31 heavy (non-hydrogen) atoms. The number of para-hydroxylation sites is 1. The van der Waals surface area contributed by atoms with Crippen LogP contribution >= 0.6 is 0 Å². The number of nitrogens with zero attached hydrogens (tertiary/aromatic N) is 2. The minimum absolute atomic E-state index is 0.0175. The topological polar surface area (TPSA) is 86.8 Å². The van der Waals surface area contributed by atoms with E-state index in [1.165, 1.54) is 16.1 Å². The van der Waals surface area contributed by atoms with E-state index in [2.05, 4.69) is 11.4 Å². The number of amides is 2. The van der Waals surface area contributed by atoms with E-state index in [-0.39, 0.29) is 29.6 Å². The molecule has 2 fully saturated rings. The Bertz CT molecular complexity index is 925.